The molecule has 0 aliphatic carbocycles. The van der Waals surface area contributed by atoms with Crippen molar-refractivity contribution in [1.82, 2.24) is 15.4 Å². The fourth-order valence-corrected chi connectivity index (χ4v) is 1.75. The number of benzene rings is 1. The van der Waals surface area contributed by atoms with Gasteiger partial charge in [-0.15, -0.1) is 0 Å². The normalized spacial score (nSPS) is 11.0. The molecule has 3 rings (SSSR count). The zero-order chi connectivity index (χ0) is 10.3. The minimum Gasteiger partial charge on any atom is -0.464 e. The van der Waals surface area contributed by atoms with Crippen LogP contribution in [0.3, 0.4) is 0 Å². The molecule has 0 radical (unpaired) electrons. The molecule has 0 saturated carbocycles. The average Bonchev–Trinajstić information content (AvgIpc) is 2.85. The summed E-state index contributed by atoms with van der Waals surface area (Å²) in [6, 6.07) is 7.76. The first-order valence-electron chi connectivity index (χ1n) is 4.70. The number of hydrogen-bond donors (Lipinski definition) is 1. The molecule has 3 aromatic rings. The van der Waals surface area contributed by atoms with Crippen molar-refractivity contribution in [2.45, 2.75) is 6.92 Å². The number of aromatic amines is 1. The van der Waals surface area contributed by atoms with Gasteiger partial charge in [0, 0.05) is 5.56 Å². The summed E-state index contributed by atoms with van der Waals surface area (Å²) in [5.41, 5.74) is 3.84. The second kappa shape index (κ2) is 2.95. The zero-order valence-corrected chi connectivity index (χ0v) is 8.19. The molecule has 0 spiro atoms. The topological polar surface area (TPSA) is 54.7 Å². The fourth-order valence-electron chi connectivity index (χ4n) is 1.75. The molecule has 0 atom stereocenters. The molecule has 0 unspecified atom stereocenters. The number of nitrogens with zero attached hydrogens (tertiary/aromatic N) is 2. The lowest BCUT2D eigenvalue weighted by molar-refractivity contribution is 0.582. The quantitative estimate of drug-likeness (QED) is 0.655. The van der Waals surface area contributed by atoms with Gasteiger partial charge in [0.25, 0.3) is 0 Å². The van der Waals surface area contributed by atoms with Crippen LogP contribution in [0.25, 0.3) is 22.4 Å². The molecule has 4 nitrogen and oxygen atoms in total. The van der Waals surface area contributed by atoms with Gasteiger partial charge in [0.15, 0.2) is 0 Å². The Bertz CT molecular complexity index is 595. The lowest BCUT2D eigenvalue weighted by atomic mass is 10.0. The van der Waals surface area contributed by atoms with Crippen LogP contribution in [0.1, 0.15) is 5.56 Å². The first kappa shape index (κ1) is 8.23. The first-order chi connectivity index (χ1) is 7.36. The molecule has 1 aromatic carbocycles. The van der Waals surface area contributed by atoms with E-state index in [0.29, 0.717) is 0 Å². The summed E-state index contributed by atoms with van der Waals surface area (Å²) in [5.74, 6) is 0.826. The summed E-state index contributed by atoms with van der Waals surface area (Å²) in [7, 11) is 0. The van der Waals surface area contributed by atoms with Gasteiger partial charge in [-0.25, -0.2) is 0 Å². The van der Waals surface area contributed by atoms with Gasteiger partial charge in [-0.05, 0) is 30.7 Å². The summed E-state index contributed by atoms with van der Waals surface area (Å²) in [6.45, 7) is 2.03. The maximum Gasteiger partial charge on any atom is 0.136 e. The van der Waals surface area contributed by atoms with Crippen LogP contribution >= 0.6 is 0 Å². The lowest BCUT2D eigenvalue weighted by Gasteiger charge is -2.01. The fraction of sp³-hybridized carbons (Fsp3) is 0.0909. The van der Waals surface area contributed by atoms with Crippen LogP contribution in [-0.2, 0) is 0 Å². The molecule has 0 fully saturated rings. The first-order valence-corrected chi connectivity index (χ1v) is 4.70. The number of nitrogens with one attached hydrogen (secondary N) is 1. The second-order valence-corrected chi connectivity index (χ2v) is 3.43. The van der Waals surface area contributed by atoms with Crippen LogP contribution in [-0.4, -0.2) is 15.4 Å². The van der Waals surface area contributed by atoms with Crippen LogP contribution < -0.4 is 0 Å². The van der Waals surface area contributed by atoms with E-state index < -0.39 is 0 Å². The summed E-state index contributed by atoms with van der Waals surface area (Å²) in [6.07, 6.45) is 1.66. The van der Waals surface area contributed by atoms with Crippen molar-refractivity contribution in [3.63, 3.8) is 0 Å². The zero-order valence-electron chi connectivity index (χ0n) is 8.19. The van der Waals surface area contributed by atoms with Crippen molar-refractivity contribution in [1.29, 1.82) is 0 Å². The van der Waals surface area contributed by atoms with Crippen LogP contribution in [0.5, 0.6) is 0 Å². The largest absolute Gasteiger partial charge is 0.464 e. The lowest BCUT2D eigenvalue weighted by Crippen LogP contribution is -1.83. The number of aromatic nitrogens is 3. The molecule has 4 heteroatoms. The second-order valence-electron chi connectivity index (χ2n) is 3.43. The van der Waals surface area contributed by atoms with E-state index in [0.717, 1.165) is 27.9 Å². The van der Waals surface area contributed by atoms with Crippen molar-refractivity contribution in [2.24, 2.45) is 0 Å². The number of hydrogen-bond acceptors (Lipinski definition) is 3. The molecule has 0 bridgehead atoms. The summed E-state index contributed by atoms with van der Waals surface area (Å²) in [4.78, 5) is 0. The van der Waals surface area contributed by atoms with Crippen LogP contribution in [0, 0.1) is 6.92 Å². The van der Waals surface area contributed by atoms with Crippen molar-refractivity contribution in [3.8, 4) is 11.3 Å². The van der Waals surface area contributed by atoms with E-state index in [4.69, 9.17) is 4.42 Å². The Morgan fingerprint density at radius 2 is 2.13 bits per heavy atom. The monoisotopic (exact) mass is 199 g/mol. The van der Waals surface area contributed by atoms with E-state index in [9.17, 15) is 0 Å². The Kier molecular flexibility index (Phi) is 1.62. The smallest absolute Gasteiger partial charge is 0.136 e. The molecule has 0 aliphatic heterocycles. The van der Waals surface area contributed by atoms with Gasteiger partial charge in [-0.3, -0.25) is 0 Å². The van der Waals surface area contributed by atoms with E-state index in [1.807, 2.05) is 31.2 Å². The molecular formula is C11H9N3O. The van der Waals surface area contributed by atoms with Crippen molar-refractivity contribution >= 4 is 11.0 Å². The standard InChI is InChI=1S/C11H9N3O/c1-7-4-5-8-11(13-14-12-8)10(7)9-3-2-6-15-9/h2-6H,1H3,(H,12,13,14). The van der Waals surface area contributed by atoms with Gasteiger partial charge in [0.05, 0.1) is 6.26 Å². The Morgan fingerprint density at radius 1 is 1.20 bits per heavy atom. The molecule has 15 heavy (non-hydrogen) atoms. The maximum atomic E-state index is 5.40. The Balaban J connectivity index is 2.41. The highest BCUT2D eigenvalue weighted by atomic mass is 16.3. The SMILES string of the molecule is Cc1ccc2n[nH]nc2c1-c1ccco1. The van der Waals surface area contributed by atoms with Crippen molar-refractivity contribution < 1.29 is 4.42 Å². The van der Waals surface area contributed by atoms with Gasteiger partial charge in [-0.2, -0.15) is 15.4 Å². The summed E-state index contributed by atoms with van der Waals surface area (Å²) >= 11 is 0. The summed E-state index contributed by atoms with van der Waals surface area (Å²) < 4.78 is 5.40. The predicted molar refractivity (Wildman–Crippen MR) is 56.3 cm³/mol. The van der Waals surface area contributed by atoms with Gasteiger partial charge < -0.3 is 4.42 Å². The van der Waals surface area contributed by atoms with E-state index in [1.54, 1.807) is 6.26 Å². The molecule has 2 heterocycles. The van der Waals surface area contributed by atoms with Crippen LogP contribution in [0.2, 0.25) is 0 Å². The van der Waals surface area contributed by atoms with Crippen LogP contribution in [0.15, 0.2) is 34.9 Å². The molecule has 0 amide bonds. The van der Waals surface area contributed by atoms with Crippen LogP contribution in [0.4, 0.5) is 0 Å². The van der Waals surface area contributed by atoms with E-state index >= 15 is 0 Å². The maximum absolute atomic E-state index is 5.40. The van der Waals surface area contributed by atoms with Gasteiger partial charge >= 0.3 is 0 Å². The van der Waals surface area contributed by atoms with Gasteiger partial charge in [-0.1, -0.05) is 6.07 Å². The molecule has 2 aromatic heterocycles. The number of aryl methyl sites for hydroxylation is 1. The summed E-state index contributed by atoms with van der Waals surface area (Å²) in [5, 5.41) is 10.8. The average molecular weight is 199 g/mol. The van der Waals surface area contributed by atoms with E-state index in [1.165, 1.54) is 0 Å². The number of rotatable bonds is 1. The third-order valence-corrected chi connectivity index (χ3v) is 2.46. The highest BCUT2D eigenvalue weighted by molar-refractivity contribution is 5.91. The molecule has 1 N–H and O–H groups in total. The molecule has 0 saturated heterocycles. The minimum atomic E-state index is 0.826. The highest BCUT2D eigenvalue weighted by Crippen LogP contribution is 2.29. The van der Waals surface area contributed by atoms with E-state index in [-0.39, 0.29) is 0 Å². The number of H-pyrrole nitrogens is 1. The minimum absolute atomic E-state index is 0.826. The van der Waals surface area contributed by atoms with E-state index in [2.05, 4.69) is 15.4 Å². The number of furan rings is 1. The molecule has 0 aliphatic rings. The van der Waals surface area contributed by atoms with Gasteiger partial charge in [0.1, 0.15) is 16.8 Å². The highest BCUT2D eigenvalue weighted by Gasteiger charge is 2.12. The third kappa shape index (κ3) is 1.15. The van der Waals surface area contributed by atoms with Gasteiger partial charge in [0.2, 0.25) is 0 Å². The third-order valence-electron chi connectivity index (χ3n) is 2.46. The van der Waals surface area contributed by atoms with Crippen molar-refractivity contribution in [2.75, 3.05) is 0 Å². The Labute approximate surface area is 85.9 Å². The molecular weight excluding hydrogens is 190 g/mol. The predicted octanol–water partition coefficient (Wildman–Crippen LogP) is 2.53. The van der Waals surface area contributed by atoms with Crippen molar-refractivity contribution in [3.05, 3.63) is 36.1 Å². The molecule has 74 valence electrons. The Hall–Kier alpha value is -2.10. The Morgan fingerprint density at radius 3 is 2.93 bits per heavy atom. The number of fused-ring (bicyclic) bond motifs is 1.